The highest BCUT2D eigenvalue weighted by Gasteiger charge is 2.55. The predicted molar refractivity (Wildman–Crippen MR) is 76.6 cm³/mol. The van der Waals surface area contributed by atoms with Gasteiger partial charge in [-0.05, 0) is 51.8 Å². The number of nitrogens with zero attached hydrogens (tertiary/aromatic N) is 1. The molecule has 1 aromatic rings. The molecular weight excluding hydrogens is 236 g/mol. The molecule has 3 rings (SSSR count). The fourth-order valence-electron chi connectivity index (χ4n) is 3.86. The van der Waals surface area contributed by atoms with Gasteiger partial charge in [0.15, 0.2) is 0 Å². The van der Waals surface area contributed by atoms with Gasteiger partial charge in [0.05, 0.1) is 0 Å². The fraction of sp³-hybridized carbons (Fsp3) is 0.625. The van der Waals surface area contributed by atoms with Crippen LogP contribution in [-0.4, -0.2) is 29.1 Å². The molecule has 3 heteroatoms. The highest BCUT2D eigenvalue weighted by atomic mass is 16.3. The Balaban J connectivity index is 1.88. The van der Waals surface area contributed by atoms with E-state index in [1.54, 1.807) is 0 Å². The maximum Gasteiger partial charge on any atom is 0.145 e. The summed E-state index contributed by atoms with van der Waals surface area (Å²) in [7, 11) is 0. The molecule has 19 heavy (non-hydrogen) atoms. The van der Waals surface area contributed by atoms with Gasteiger partial charge in [0, 0.05) is 17.0 Å². The van der Waals surface area contributed by atoms with Crippen LogP contribution < -0.4 is 5.73 Å². The molecule has 0 aromatic heterocycles. The molecule has 3 N–H and O–H groups in total. The number of rotatable bonds is 1. The van der Waals surface area contributed by atoms with Crippen molar-refractivity contribution in [3.63, 3.8) is 0 Å². The van der Waals surface area contributed by atoms with Gasteiger partial charge in [0.1, 0.15) is 5.72 Å². The molecule has 1 spiro atoms. The third-order valence-corrected chi connectivity index (χ3v) is 5.25. The lowest BCUT2D eigenvalue weighted by Crippen LogP contribution is -2.55. The normalized spacial score (nSPS) is 29.9. The molecule has 1 heterocycles. The van der Waals surface area contributed by atoms with Crippen LogP contribution in [0.1, 0.15) is 37.8 Å². The van der Waals surface area contributed by atoms with Gasteiger partial charge in [0.25, 0.3) is 0 Å². The summed E-state index contributed by atoms with van der Waals surface area (Å²) in [5, 5.41) is 10.9. The van der Waals surface area contributed by atoms with E-state index in [0.717, 1.165) is 37.9 Å². The molecule has 0 radical (unpaired) electrons. The molecule has 2 aliphatic rings. The van der Waals surface area contributed by atoms with E-state index in [4.69, 9.17) is 5.73 Å². The first-order valence-electron chi connectivity index (χ1n) is 7.30. The number of piperidine rings is 1. The third-order valence-electron chi connectivity index (χ3n) is 5.25. The molecule has 1 saturated heterocycles. The Kier molecular flexibility index (Phi) is 2.97. The Bertz CT molecular complexity index is 473. The van der Waals surface area contributed by atoms with Crippen molar-refractivity contribution in [2.45, 2.75) is 44.9 Å². The topological polar surface area (TPSA) is 49.5 Å². The first-order valence-corrected chi connectivity index (χ1v) is 7.30. The van der Waals surface area contributed by atoms with Crippen molar-refractivity contribution in [2.24, 2.45) is 11.1 Å². The van der Waals surface area contributed by atoms with Crippen molar-refractivity contribution in [3.8, 4) is 0 Å². The summed E-state index contributed by atoms with van der Waals surface area (Å²) in [5.41, 5.74) is 7.20. The Morgan fingerprint density at radius 1 is 1.21 bits per heavy atom. The second-order valence-electron chi connectivity index (χ2n) is 6.51. The quantitative estimate of drug-likeness (QED) is 0.758. The van der Waals surface area contributed by atoms with Crippen LogP contribution in [0.15, 0.2) is 24.3 Å². The van der Waals surface area contributed by atoms with E-state index in [1.165, 1.54) is 5.56 Å². The van der Waals surface area contributed by atoms with Crippen molar-refractivity contribution in [3.05, 3.63) is 35.4 Å². The van der Waals surface area contributed by atoms with Gasteiger partial charge in [-0.15, -0.1) is 0 Å². The fourth-order valence-corrected chi connectivity index (χ4v) is 3.86. The van der Waals surface area contributed by atoms with E-state index >= 15 is 0 Å². The number of hydrogen-bond donors (Lipinski definition) is 2. The Hall–Kier alpha value is -0.900. The molecule has 1 atom stereocenters. The first kappa shape index (κ1) is 13.1. The van der Waals surface area contributed by atoms with Crippen molar-refractivity contribution >= 4 is 0 Å². The standard InChI is InChI=1S/C16H24N2O/c1-12(2)18-9-7-15(8-10-18)11-13-5-3-4-6-14(13)16(15,17)19/h3-6,12,19H,7-11,17H2,1-2H3/t16-/m0/s1. The zero-order chi connectivity index (χ0) is 13.7. The van der Waals surface area contributed by atoms with Crippen LogP contribution in [0.4, 0.5) is 0 Å². The van der Waals surface area contributed by atoms with E-state index in [1.807, 2.05) is 18.2 Å². The molecule has 1 aliphatic carbocycles. The molecule has 0 saturated carbocycles. The van der Waals surface area contributed by atoms with Crippen LogP contribution in [-0.2, 0) is 12.1 Å². The molecule has 0 unspecified atom stereocenters. The van der Waals surface area contributed by atoms with Crippen molar-refractivity contribution in [2.75, 3.05) is 13.1 Å². The van der Waals surface area contributed by atoms with Crippen LogP contribution in [0, 0.1) is 5.41 Å². The van der Waals surface area contributed by atoms with Gasteiger partial charge in [-0.1, -0.05) is 24.3 Å². The summed E-state index contributed by atoms with van der Waals surface area (Å²) in [6.45, 7) is 6.53. The van der Waals surface area contributed by atoms with Crippen LogP contribution >= 0.6 is 0 Å². The largest absolute Gasteiger partial charge is 0.371 e. The van der Waals surface area contributed by atoms with Gasteiger partial charge < -0.3 is 10.0 Å². The highest BCUT2D eigenvalue weighted by molar-refractivity contribution is 5.40. The summed E-state index contributed by atoms with van der Waals surface area (Å²) in [5.74, 6) is 0. The lowest BCUT2D eigenvalue weighted by molar-refractivity contribution is -0.106. The minimum atomic E-state index is -1.16. The average molecular weight is 260 g/mol. The predicted octanol–water partition coefficient (Wildman–Crippen LogP) is 1.84. The minimum Gasteiger partial charge on any atom is -0.371 e. The minimum absolute atomic E-state index is 0.165. The van der Waals surface area contributed by atoms with E-state index in [0.29, 0.717) is 6.04 Å². The Morgan fingerprint density at radius 2 is 1.84 bits per heavy atom. The van der Waals surface area contributed by atoms with Crippen molar-refractivity contribution in [1.82, 2.24) is 4.90 Å². The van der Waals surface area contributed by atoms with Gasteiger partial charge in [0.2, 0.25) is 0 Å². The molecule has 1 aliphatic heterocycles. The zero-order valence-corrected chi connectivity index (χ0v) is 11.9. The number of nitrogens with two attached hydrogens (primary N) is 1. The summed E-state index contributed by atoms with van der Waals surface area (Å²) in [6.07, 6.45) is 2.88. The average Bonchev–Trinajstić information content (AvgIpc) is 2.59. The second kappa shape index (κ2) is 4.30. The molecule has 1 fully saturated rings. The summed E-state index contributed by atoms with van der Waals surface area (Å²) in [4.78, 5) is 2.48. The molecule has 0 amide bonds. The van der Waals surface area contributed by atoms with Gasteiger partial charge >= 0.3 is 0 Å². The lowest BCUT2D eigenvalue weighted by atomic mass is 9.70. The molecule has 0 bridgehead atoms. The number of benzene rings is 1. The van der Waals surface area contributed by atoms with E-state index < -0.39 is 5.72 Å². The smallest absolute Gasteiger partial charge is 0.145 e. The summed E-state index contributed by atoms with van der Waals surface area (Å²) >= 11 is 0. The monoisotopic (exact) mass is 260 g/mol. The number of hydrogen-bond acceptors (Lipinski definition) is 3. The highest BCUT2D eigenvalue weighted by Crippen LogP contribution is 2.53. The van der Waals surface area contributed by atoms with Crippen LogP contribution in [0.3, 0.4) is 0 Å². The molecule has 1 aromatic carbocycles. The van der Waals surface area contributed by atoms with Crippen LogP contribution in [0.2, 0.25) is 0 Å². The lowest BCUT2D eigenvalue weighted by Gasteiger charge is -2.47. The Morgan fingerprint density at radius 3 is 2.42 bits per heavy atom. The molecular formula is C16H24N2O. The van der Waals surface area contributed by atoms with Crippen LogP contribution in [0.5, 0.6) is 0 Å². The number of fused-ring (bicyclic) bond motifs is 1. The Labute approximate surface area is 115 Å². The SMILES string of the molecule is CC(C)N1CCC2(CC1)Cc1ccccc1[C@]2(N)O. The van der Waals surface area contributed by atoms with Crippen molar-refractivity contribution < 1.29 is 5.11 Å². The van der Waals surface area contributed by atoms with Gasteiger partial charge in [-0.2, -0.15) is 0 Å². The van der Waals surface area contributed by atoms with E-state index in [9.17, 15) is 5.11 Å². The zero-order valence-electron chi connectivity index (χ0n) is 11.9. The molecule has 104 valence electrons. The number of likely N-dealkylation sites (tertiary alicyclic amines) is 1. The second-order valence-corrected chi connectivity index (χ2v) is 6.51. The first-order chi connectivity index (χ1) is 8.96. The number of aliphatic hydroxyl groups is 1. The van der Waals surface area contributed by atoms with Gasteiger partial charge in [-0.3, -0.25) is 5.73 Å². The van der Waals surface area contributed by atoms with Gasteiger partial charge in [-0.25, -0.2) is 0 Å². The maximum absolute atomic E-state index is 10.9. The summed E-state index contributed by atoms with van der Waals surface area (Å²) in [6, 6.07) is 8.68. The van der Waals surface area contributed by atoms with Crippen LogP contribution in [0.25, 0.3) is 0 Å². The summed E-state index contributed by atoms with van der Waals surface area (Å²) < 4.78 is 0. The molecule has 3 nitrogen and oxygen atoms in total. The van der Waals surface area contributed by atoms with E-state index in [-0.39, 0.29) is 5.41 Å². The van der Waals surface area contributed by atoms with E-state index in [2.05, 4.69) is 24.8 Å². The van der Waals surface area contributed by atoms with Crippen molar-refractivity contribution in [1.29, 1.82) is 0 Å². The maximum atomic E-state index is 10.9. The third kappa shape index (κ3) is 1.83.